The first-order valence-corrected chi connectivity index (χ1v) is 12.2. The van der Waals surface area contributed by atoms with Crippen LogP contribution in [0, 0.1) is 5.41 Å². The second kappa shape index (κ2) is 14.1. The van der Waals surface area contributed by atoms with Gasteiger partial charge in [0.1, 0.15) is 0 Å². The van der Waals surface area contributed by atoms with Gasteiger partial charge in [-0.25, -0.2) is 0 Å². The van der Waals surface area contributed by atoms with Gasteiger partial charge in [-0.15, -0.1) is 0 Å². The first-order chi connectivity index (χ1) is 13.4. The molecule has 2 aliphatic rings. The third-order valence-electron chi connectivity index (χ3n) is 6.71. The lowest BCUT2D eigenvalue weighted by Gasteiger charge is -2.38. The molecule has 0 aromatic heterocycles. The van der Waals surface area contributed by atoms with Crippen LogP contribution in [0.1, 0.15) is 122 Å². The van der Waals surface area contributed by atoms with E-state index in [9.17, 15) is 0 Å². The lowest BCUT2D eigenvalue weighted by atomic mass is 9.70. The van der Waals surface area contributed by atoms with E-state index in [1.165, 1.54) is 121 Å². The number of unbranched alkanes of at least 4 members (excludes halogenated alkanes) is 9. The van der Waals surface area contributed by atoms with Gasteiger partial charge >= 0.3 is 0 Å². The summed E-state index contributed by atoms with van der Waals surface area (Å²) in [5.41, 5.74) is 1.89. The Labute approximate surface area is 169 Å². The van der Waals surface area contributed by atoms with Gasteiger partial charge in [-0.2, -0.15) is 0 Å². The molecule has 1 heteroatoms. The van der Waals surface area contributed by atoms with E-state index in [-0.39, 0.29) is 0 Å². The van der Waals surface area contributed by atoms with E-state index in [1.54, 1.807) is 0 Å². The van der Waals surface area contributed by atoms with Crippen molar-refractivity contribution in [3.8, 4) is 0 Å². The molecule has 1 nitrogen and oxygen atoms in total. The van der Waals surface area contributed by atoms with Crippen molar-refractivity contribution in [2.75, 3.05) is 0 Å². The average molecular weight is 372 g/mol. The Hall–Kier alpha value is -0.980. The van der Waals surface area contributed by atoms with Crippen molar-refractivity contribution in [3.05, 3.63) is 36.2 Å². The minimum absolute atomic E-state index is 0.402. The lowest BCUT2D eigenvalue weighted by molar-refractivity contribution is 0.225. The molecule has 0 unspecified atom stereocenters. The molecule has 1 aliphatic heterocycles. The average Bonchev–Trinajstić information content (AvgIpc) is 2.95. The largest absolute Gasteiger partial charge is 0.365 e. The maximum absolute atomic E-state index is 3.64. The van der Waals surface area contributed by atoms with E-state index in [0.717, 1.165) is 0 Å². The van der Waals surface area contributed by atoms with Gasteiger partial charge in [0.05, 0.1) is 0 Å². The van der Waals surface area contributed by atoms with Crippen molar-refractivity contribution in [1.29, 1.82) is 0 Å². The fourth-order valence-corrected chi connectivity index (χ4v) is 4.97. The Kier molecular flexibility index (Phi) is 11.6. The summed E-state index contributed by atoms with van der Waals surface area (Å²) >= 11 is 0. The molecular weight excluding hydrogens is 326 g/mol. The SMILES string of the molecule is CCCCCCCCCCCCC1(C2=CC=CC=CN2)CCCCCCC1. The van der Waals surface area contributed by atoms with Gasteiger partial charge in [-0.05, 0) is 31.4 Å². The molecule has 0 aromatic rings. The van der Waals surface area contributed by atoms with Crippen LogP contribution in [-0.4, -0.2) is 0 Å². The van der Waals surface area contributed by atoms with Gasteiger partial charge in [-0.3, -0.25) is 0 Å². The monoisotopic (exact) mass is 371 g/mol. The molecule has 0 spiro atoms. The molecule has 1 fully saturated rings. The molecule has 1 saturated carbocycles. The highest BCUT2D eigenvalue weighted by molar-refractivity contribution is 5.26. The molecule has 0 bridgehead atoms. The molecule has 0 aromatic carbocycles. The summed E-state index contributed by atoms with van der Waals surface area (Å²) in [6.45, 7) is 2.30. The van der Waals surface area contributed by atoms with Crippen LogP contribution in [0.2, 0.25) is 0 Å². The highest BCUT2D eigenvalue weighted by Crippen LogP contribution is 2.44. The number of hydrogen-bond donors (Lipinski definition) is 1. The molecular formula is C26H45N. The van der Waals surface area contributed by atoms with Crippen molar-refractivity contribution >= 4 is 0 Å². The minimum atomic E-state index is 0.402. The number of rotatable bonds is 12. The predicted octanol–water partition coefficient (Wildman–Crippen LogP) is 8.59. The third kappa shape index (κ3) is 8.71. The van der Waals surface area contributed by atoms with Gasteiger partial charge in [-0.1, -0.05) is 115 Å². The predicted molar refractivity (Wildman–Crippen MR) is 121 cm³/mol. The quantitative estimate of drug-likeness (QED) is 0.339. The van der Waals surface area contributed by atoms with E-state index in [1.807, 2.05) is 0 Å². The first kappa shape index (κ1) is 22.3. The highest BCUT2D eigenvalue weighted by atomic mass is 14.9. The van der Waals surface area contributed by atoms with Crippen LogP contribution in [-0.2, 0) is 0 Å². The second-order valence-electron chi connectivity index (χ2n) is 8.95. The van der Waals surface area contributed by atoms with Gasteiger partial charge in [0, 0.05) is 17.3 Å². The Balaban J connectivity index is 1.74. The molecule has 1 aliphatic carbocycles. The molecule has 27 heavy (non-hydrogen) atoms. The third-order valence-corrected chi connectivity index (χ3v) is 6.71. The van der Waals surface area contributed by atoms with Crippen molar-refractivity contribution in [3.63, 3.8) is 0 Å². The Morgan fingerprint density at radius 2 is 1.30 bits per heavy atom. The fraction of sp³-hybridized carbons (Fsp3) is 0.769. The summed E-state index contributed by atoms with van der Waals surface area (Å²) in [5.74, 6) is 0. The van der Waals surface area contributed by atoms with Crippen LogP contribution in [0.3, 0.4) is 0 Å². The summed E-state index contributed by atoms with van der Waals surface area (Å²) in [6.07, 6.45) is 36.6. The summed E-state index contributed by atoms with van der Waals surface area (Å²) in [6, 6.07) is 0. The molecule has 0 radical (unpaired) electrons. The van der Waals surface area contributed by atoms with Gasteiger partial charge in [0.15, 0.2) is 0 Å². The maximum atomic E-state index is 3.64. The van der Waals surface area contributed by atoms with E-state index >= 15 is 0 Å². The van der Waals surface area contributed by atoms with Crippen LogP contribution in [0.5, 0.6) is 0 Å². The van der Waals surface area contributed by atoms with E-state index in [4.69, 9.17) is 0 Å². The first-order valence-electron chi connectivity index (χ1n) is 12.2. The van der Waals surface area contributed by atoms with Gasteiger partial charge in [0.2, 0.25) is 0 Å². The topological polar surface area (TPSA) is 12.0 Å². The summed E-state index contributed by atoms with van der Waals surface area (Å²) in [4.78, 5) is 0. The summed E-state index contributed by atoms with van der Waals surface area (Å²) in [5, 5.41) is 3.64. The van der Waals surface area contributed by atoms with E-state index in [0.29, 0.717) is 5.41 Å². The maximum Gasteiger partial charge on any atom is 0.0209 e. The van der Waals surface area contributed by atoms with Crippen LogP contribution in [0.4, 0.5) is 0 Å². The Bertz CT molecular complexity index is 449. The summed E-state index contributed by atoms with van der Waals surface area (Å²) in [7, 11) is 0. The molecule has 0 saturated heterocycles. The van der Waals surface area contributed by atoms with Crippen LogP contribution >= 0.6 is 0 Å². The normalized spacial score (nSPS) is 19.7. The second-order valence-corrected chi connectivity index (χ2v) is 8.95. The molecule has 1 N–H and O–H groups in total. The molecule has 0 amide bonds. The zero-order chi connectivity index (χ0) is 19.0. The van der Waals surface area contributed by atoms with Gasteiger partial charge in [0.25, 0.3) is 0 Å². The fourth-order valence-electron chi connectivity index (χ4n) is 4.97. The molecule has 154 valence electrons. The van der Waals surface area contributed by atoms with Crippen molar-refractivity contribution in [2.24, 2.45) is 5.41 Å². The molecule has 2 rings (SSSR count). The minimum Gasteiger partial charge on any atom is -0.365 e. The highest BCUT2D eigenvalue weighted by Gasteiger charge is 2.33. The smallest absolute Gasteiger partial charge is 0.0209 e. The Morgan fingerprint density at radius 1 is 0.704 bits per heavy atom. The van der Waals surface area contributed by atoms with E-state index in [2.05, 4.69) is 42.7 Å². The standard InChI is InChI=1S/C26H45N/c1-2-3-4-5-6-7-8-9-11-16-21-26(22-17-12-10-13-18-23-26)25-20-15-14-19-24-27-25/h14-15,19-20,24,27H,2-13,16-18,21-23H2,1H3. The van der Waals surface area contributed by atoms with Crippen LogP contribution in [0.25, 0.3) is 0 Å². The lowest BCUT2D eigenvalue weighted by Crippen LogP contribution is -2.30. The van der Waals surface area contributed by atoms with Crippen molar-refractivity contribution in [1.82, 2.24) is 5.32 Å². The van der Waals surface area contributed by atoms with Crippen LogP contribution < -0.4 is 5.32 Å². The van der Waals surface area contributed by atoms with Gasteiger partial charge < -0.3 is 5.32 Å². The number of nitrogens with one attached hydrogen (secondary N) is 1. The van der Waals surface area contributed by atoms with E-state index < -0.39 is 0 Å². The zero-order valence-electron chi connectivity index (χ0n) is 18.1. The van der Waals surface area contributed by atoms with Crippen molar-refractivity contribution in [2.45, 2.75) is 122 Å². The zero-order valence-corrected chi connectivity index (χ0v) is 18.1. The number of allylic oxidation sites excluding steroid dienone is 5. The van der Waals surface area contributed by atoms with Crippen molar-refractivity contribution < 1.29 is 0 Å². The molecule has 0 atom stereocenters. The molecule has 1 heterocycles. The summed E-state index contributed by atoms with van der Waals surface area (Å²) < 4.78 is 0. The Morgan fingerprint density at radius 3 is 1.96 bits per heavy atom. The van der Waals surface area contributed by atoms with Crippen LogP contribution in [0.15, 0.2) is 36.2 Å². The number of hydrogen-bond acceptors (Lipinski definition) is 1.